The van der Waals surface area contributed by atoms with Gasteiger partial charge in [-0.15, -0.1) is 0 Å². The molecular weight excluding hydrogens is 877 g/mol. The van der Waals surface area contributed by atoms with E-state index >= 15 is 0 Å². The van der Waals surface area contributed by atoms with Crippen molar-refractivity contribution in [2.24, 2.45) is 56.7 Å². The fourth-order valence-corrected chi connectivity index (χ4v) is 16.7. The van der Waals surface area contributed by atoms with E-state index in [0.717, 1.165) is 52.1 Å². The number of fused-ring (bicyclic) bond motifs is 7. The zero-order valence-corrected chi connectivity index (χ0v) is 40.7. The Morgan fingerprint density at radius 1 is 0.657 bits per heavy atom. The van der Waals surface area contributed by atoms with E-state index < -0.39 is 121 Å². The van der Waals surface area contributed by atoms with Crippen molar-refractivity contribution in [2.45, 2.75) is 230 Å². The van der Waals surface area contributed by atoms with E-state index in [1.807, 2.05) is 13.8 Å². The lowest BCUT2D eigenvalue weighted by Crippen LogP contribution is -2.69. The molecule has 2 bridgehead atoms. The van der Waals surface area contributed by atoms with Gasteiger partial charge in [-0.05, 0) is 124 Å². The van der Waals surface area contributed by atoms with Gasteiger partial charge in [0.25, 0.3) is 0 Å². The maximum absolute atomic E-state index is 13.7. The Balaban J connectivity index is 1.01. The minimum atomic E-state index is -1.88. The zero-order chi connectivity index (χ0) is 48.9. The number of ether oxygens (including phenoxy) is 8. The average molecular weight is 955 g/mol. The molecule has 1 spiro atoms. The molecule has 4 heterocycles. The number of hydrogen-bond donors (Lipinski definition) is 8. The lowest BCUT2D eigenvalue weighted by atomic mass is 9.32. The van der Waals surface area contributed by atoms with Gasteiger partial charge in [0.05, 0.1) is 36.4 Å². The summed E-state index contributed by atoms with van der Waals surface area (Å²) in [5.74, 6) is -0.374. The van der Waals surface area contributed by atoms with Crippen LogP contribution in [0.5, 0.6) is 0 Å². The van der Waals surface area contributed by atoms with Crippen LogP contribution in [-0.2, 0) is 47.5 Å². The quantitative estimate of drug-likeness (QED) is 0.126. The molecule has 26 atom stereocenters. The summed E-state index contributed by atoms with van der Waals surface area (Å²) < 4.78 is 48.6. The monoisotopic (exact) mass is 955 g/mol. The first-order valence-electron chi connectivity index (χ1n) is 24.9. The summed E-state index contributed by atoms with van der Waals surface area (Å²) in [6.07, 6.45) is -17.0. The van der Waals surface area contributed by atoms with E-state index in [4.69, 9.17) is 37.9 Å². The third kappa shape index (κ3) is 7.37. The summed E-state index contributed by atoms with van der Waals surface area (Å²) >= 11 is 0. The predicted octanol–water partition coefficient (Wildman–Crippen LogP) is 1.44. The fourth-order valence-electron chi connectivity index (χ4n) is 16.7. The molecule has 9 aliphatic rings. The second-order valence-corrected chi connectivity index (χ2v) is 24.2. The molecule has 9 fully saturated rings. The number of carbonyl (C=O) groups excluding carboxylic acids is 2. The van der Waals surface area contributed by atoms with E-state index in [1.54, 1.807) is 0 Å². The Bertz CT molecular complexity index is 1880. The summed E-state index contributed by atoms with van der Waals surface area (Å²) in [5, 5.41) is 88.2. The Morgan fingerprint density at radius 3 is 1.84 bits per heavy atom. The Labute approximate surface area is 393 Å². The minimum Gasteiger partial charge on any atom is -0.467 e. The minimum absolute atomic E-state index is 0.0526. The third-order valence-corrected chi connectivity index (χ3v) is 20.3. The maximum atomic E-state index is 13.7. The lowest BCUT2D eigenvalue weighted by Gasteiger charge is -2.73. The molecule has 18 nitrogen and oxygen atoms in total. The number of aliphatic hydroxyl groups is 8. The first-order chi connectivity index (χ1) is 31.2. The van der Waals surface area contributed by atoms with Gasteiger partial charge in [0, 0.05) is 12.3 Å². The molecule has 0 aromatic heterocycles. The van der Waals surface area contributed by atoms with Gasteiger partial charge in [-0.3, -0.25) is 4.79 Å². The molecule has 0 aromatic carbocycles. The number of esters is 2. The first-order valence-corrected chi connectivity index (χ1v) is 24.9. The molecule has 67 heavy (non-hydrogen) atoms. The van der Waals surface area contributed by atoms with Crippen LogP contribution in [0.4, 0.5) is 0 Å². The molecule has 9 rings (SSSR count). The molecule has 5 saturated carbocycles. The van der Waals surface area contributed by atoms with Crippen LogP contribution in [0.2, 0.25) is 0 Å². The predicted molar refractivity (Wildman–Crippen MR) is 232 cm³/mol. The highest BCUT2D eigenvalue weighted by Gasteiger charge is 2.77. The second kappa shape index (κ2) is 17.0. The molecule has 0 radical (unpaired) electrons. The molecule has 4 saturated heterocycles. The highest BCUT2D eigenvalue weighted by molar-refractivity contribution is 5.81. The van der Waals surface area contributed by atoms with Gasteiger partial charge in [-0.1, -0.05) is 34.6 Å². The van der Waals surface area contributed by atoms with Crippen LogP contribution >= 0.6 is 0 Å². The molecular formula is C49H78O18. The van der Waals surface area contributed by atoms with Crippen molar-refractivity contribution in [3.63, 3.8) is 0 Å². The number of aliphatic hydroxyl groups excluding tert-OH is 7. The zero-order valence-electron chi connectivity index (χ0n) is 40.7. The van der Waals surface area contributed by atoms with Gasteiger partial charge in [0.2, 0.25) is 0 Å². The van der Waals surface area contributed by atoms with Crippen LogP contribution in [0.25, 0.3) is 0 Å². The first kappa shape index (κ1) is 50.3. The second-order valence-electron chi connectivity index (χ2n) is 24.2. The van der Waals surface area contributed by atoms with Crippen molar-refractivity contribution in [3.8, 4) is 0 Å². The Morgan fingerprint density at radius 2 is 1.25 bits per heavy atom. The van der Waals surface area contributed by atoms with Gasteiger partial charge in [-0.25, -0.2) is 4.79 Å². The van der Waals surface area contributed by atoms with Gasteiger partial charge in [0.15, 0.2) is 25.0 Å². The van der Waals surface area contributed by atoms with Crippen molar-refractivity contribution in [3.05, 3.63) is 0 Å². The number of methoxy groups -OCH3 is 1. The van der Waals surface area contributed by atoms with Crippen molar-refractivity contribution < 1.29 is 88.3 Å². The molecule has 18 heteroatoms. The van der Waals surface area contributed by atoms with E-state index in [-0.39, 0.29) is 52.0 Å². The fraction of sp³-hybridized carbons (Fsp3) is 0.959. The largest absolute Gasteiger partial charge is 0.467 e. The van der Waals surface area contributed by atoms with Crippen molar-refractivity contribution in [2.75, 3.05) is 7.11 Å². The summed E-state index contributed by atoms with van der Waals surface area (Å²) in [6.45, 7) is 18.5. The molecule has 8 N–H and O–H groups in total. The summed E-state index contributed by atoms with van der Waals surface area (Å²) in [5.41, 5.74) is -2.34. The lowest BCUT2D eigenvalue weighted by molar-refractivity contribution is -0.394. The SMILES string of the molecule is COC(=O)C1OC(OC2CCC3(C)C(CCC4(C)C3CCC3C5C(C(C)(C)O)C6CC5(CCC34C)C(=O)O6)C2(C)C)C(OC2OC(C)C(O)C(O)C2O)C(OC2OC(C)C(O)C(O)C2O)C1O. The van der Waals surface area contributed by atoms with Crippen LogP contribution in [0.3, 0.4) is 0 Å². The topological polar surface area (TPSA) is 270 Å². The van der Waals surface area contributed by atoms with E-state index in [9.17, 15) is 50.4 Å². The summed E-state index contributed by atoms with van der Waals surface area (Å²) in [4.78, 5) is 27.0. The smallest absolute Gasteiger partial charge is 0.337 e. The normalized spacial score (nSPS) is 55.9. The van der Waals surface area contributed by atoms with Crippen LogP contribution in [0.15, 0.2) is 0 Å². The highest BCUT2D eigenvalue weighted by atomic mass is 16.8. The molecule has 26 unspecified atom stereocenters. The number of carbonyl (C=O) groups is 2. The molecule has 382 valence electrons. The maximum Gasteiger partial charge on any atom is 0.337 e. The number of rotatable bonds is 8. The van der Waals surface area contributed by atoms with Crippen LogP contribution in [0.1, 0.15) is 120 Å². The van der Waals surface area contributed by atoms with Crippen LogP contribution in [0, 0.1) is 56.7 Å². The van der Waals surface area contributed by atoms with Gasteiger partial charge in [0.1, 0.15) is 61.0 Å². The van der Waals surface area contributed by atoms with Crippen LogP contribution in [-0.4, -0.2) is 170 Å². The average Bonchev–Trinajstić information content (AvgIpc) is 3.77. The van der Waals surface area contributed by atoms with Gasteiger partial charge < -0.3 is 78.7 Å². The Kier molecular flexibility index (Phi) is 12.8. The van der Waals surface area contributed by atoms with Crippen molar-refractivity contribution >= 4 is 11.9 Å². The molecule has 4 aliphatic heterocycles. The Hall–Kier alpha value is -1.62. The molecule has 0 aromatic rings. The summed E-state index contributed by atoms with van der Waals surface area (Å²) in [7, 11) is 1.12. The van der Waals surface area contributed by atoms with E-state index in [2.05, 4.69) is 34.6 Å². The number of hydrogen-bond acceptors (Lipinski definition) is 18. The highest BCUT2D eigenvalue weighted by Crippen LogP contribution is 2.79. The summed E-state index contributed by atoms with van der Waals surface area (Å²) in [6, 6.07) is 0. The van der Waals surface area contributed by atoms with E-state index in [1.165, 1.54) is 13.8 Å². The molecule has 5 aliphatic carbocycles. The van der Waals surface area contributed by atoms with Crippen molar-refractivity contribution in [1.82, 2.24) is 0 Å². The molecule has 0 amide bonds. The van der Waals surface area contributed by atoms with Gasteiger partial charge in [-0.2, -0.15) is 0 Å². The van der Waals surface area contributed by atoms with E-state index in [0.29, 0.717) is 18.8 Å². The third-order valence-electron chi connectivity index (χ3n) is 20.3. The standard InChI is InChI=1S/C49H78O18/c1-20-29(50)31(52)33(54)40(61-20)65-36-35(56)37(39(57)60-10)66-42(38(36)67-41-34(55)32(53)30(51)21(2)62-41)64-26-14-15-46(7)24(44(26,3)4)13-16-48(9)25(46)12-11-22-27-28(45(5,6)59)23-19-49(27,43(58)63-23)18-17-47(22,48)8/h20-38,40-42,50-56,59H,11-19H2,1-10H3. The van der Waals surface area contributed by atoms with Crippen molar-refractivity contribution in [1.29, 1.82) is 0 Å². The van der Waals surface area contributed by atoms with Gasteiger partial charge >= 0.3 is 11.9 Å². The van der Waals surface area contributed by atoms with Crippen LogP contribution < -0.4 is 0 Å².